The summed E-state index contributed by atoms with van der Waals surface area (Å²) < 4.78 is 56.6. The van der Waals surface area contributed by atoms with Crippen molar-refractivity contribution >= 4 is 43.9 Å². The van der Waals surface area contributed by atoms with E-state index in [1.54, 1.807) is 30.5 Å². The van der Waals surface area contributed by atoms with Gasteiger partial charge in [0, 0.05) is 55.1 Å². The van der Waals surface area contributed by atoms with Crippen molar-refractivity contribution in [2.45, 2.75) is 80.7 Å². The van der Waals surface area contributed by atoms with E-state index in [9.17, 15) is 23.3 Å². The fourth-order valence-electron chi connectivity index (χ4n) is 9.09. The van der Waals surface area contributed by atoms with Crippen LogP contribution in [0.1, 0.15) is 96.8 Å². The van der Waals surface area contributed by atoms with E-state index >= 15 is 4.39 Å². The second-order valence-corrected chi connectivity index (χ2v) is 18.0. The maximum absolute atomic E-state index is 15.4. The summed E-state index contributed by atoms with van der Waals surface area (Å²) >= 11 is 0. The molecule has 9 rings (SSSR count). The molecule has 2 atom stereocenters. The molecule has 312 valence electrons. The number of nitrogens with zero attached hydrogens (tertiary/aromatic N) is 3. The Bertz CT molecular complexity index is 2590. The van der Waals surface area contributed by atoms with Crippen LogP contribution in [0.4, 0.5) is 15.8 Å². The van der Waals surface area contributed by atoms with Gasteiger partial charge in [0.05, 0.1) is 21.6 Å². The van der Waals surface area contributed by atoms with Crippen LogP contribution < -0.4 is 14.8 Å². The van der Waals surface area contributed by atoms with Crippen molar-refractivity contribution in [2.75, 3.05) is 31.6 Å². The standard InChI is InChI=1S/C45H47FN6O7S/c46-38-4-1-3-36(30-6-7-30)43(38)40-5-2-20-51(40)33-11-8-29(9-12-33)31-10-14-37(42(24-31)59-34-23-32-16-19-47-44(32)49-27-34)45(53)50-60(56,57)35-13-15-39(41(25-35)52(54)55)48-26-28-17-21-58-22-18-28/h1,3-4,8,10,13-16,19,23-25,27-28,30,33,40,48H,2,5-7,9,11-12,17-18,20-22,26H2,(H,47,49)(H,50,53). The van der Waals surface area contributed by atoms with Crippen LogP contribution >= 0.6 is 0 Å². The minimum absolute atomic E-state index is 0.0497. The lowest BCUT2D eigenvalue weighted by Crippen LogP contribution is -2.36. The fraction of sp³-hybridized carbons (Fsp3) is 0.378. The summed E-state index contributed by atoms with van der Waals surface area (Å²) in [5.74, 6) is 0.115. The lowest BCUT2D eigenvalue weighted by Gasteiger charge is -2.36. The number of carbonyl (C=O) groups excluding carboxylic acids is 1. The molecule has 3 N–H and O–H groups in total. The average molecular weight is 835 g/mol. The van der Waals surface area contributed by atoms with E-state index in [2.05, 4.69) is 37.0 Å². The van der Waals surface area contributed by atoms with Gasteiger partial charge in [-0.2, -0.15) is 0 Å². The van der Waals surface area contributed by atoms with E-state index in [0.717, 1.165) is 92.5 Å². The molecule has 3 aromatic carbocycles. The van der Waals surface area contributed by atoms with Crippen molar-refractivity contribution in [1.82, 2.24) is 19.6 Å². The topological polar surface area (TPSA) is 169 Å². The summed E-state index contributed by atoms with van der Waals surface area (Å²) in [6, 6.07) is 18.0. The summed E-state index contributed by atoms with van der Waals surface area (Å²) in [4.78, 5) is 34.8. The van der Waals surface area contributed by atoms with E-state index in [1.165, 1.54) is 30.0 Å². The fourth-order valence-corrected chi connectivity index (χ4v) is 10.1. The number of aromatic amines is 1. The van der Waals surface area contributed by atoms with Crippen LogP contribution in [0.25, 0.3) is 16.6 Å². The van der Waals surface area contributed by atoms with E-state index in [1.807, 2.05) is 12.1 Å². The highest BCUT2D eigenvalue weighted by atomic mass is 32.2. The van der Waals surface area contributed by atoms with Crippen LogP contribution in [0, 0.1) is 21.8 Å². The zero-order valence-corrected chi connectivity index (χ0v) is 33.9. The van der Waals surface area contributed by atoms with Gasteiger partial charge in [0.1, 0.15) is 28.7 Å². The number of pyridine rings is 1. The van der Waals surface area contributed by atoms with Gasteiger partial charge in [-0.1, -0.05) is 24.3 Å². The minimum atomic E-state index is -4.56. The van der Waals surface area contributed by atoms with E-state index in [4.69, 9.17) is 9.47 Å². The molecule has 2 aliphatic carbocycles. The highest BCUT2D eigenvalue weighted by molar-refractivity contribution is 7.90. The first-order chi connectivity index (χ1) is 29.1. The van der Waals surface area contributed by atoms with Gasteiger partial charge in [0.25, 0.3) is 21.6 Å². The first kappa shape index (κ1) is 39.8. The number of hydrogen-bond acceptors (Lipinski definition) is 10. The highest BCUT2D eigenvalue weighted by Gasteiger charge is 2.38. The van der Waals surface area contributed by atoms with Crippen LogP contribution in [0.5, 0.6) is 11.5 Å². The number of nitro groups is 1. The third-order valence-corrected chi connectivity index (χ3v) is 13.7. The number of carbonyl (C=O) groups is 1. The molecule has 4 aliphatic rings. The summed E-state index contributed by atoms with van der Waals surface area (Å²) in [7, 11) is -4.56. The lowest BCUT2D eigenvalue weighted by molar-refractivity contribution is -0.384. The van der Waals surface area contributed by atoms with Crippen LogP contribution in [-0.4, -0.2) is 66.5 Å². The third kappa shape index (κ3) is 8.38. The summed E-state index contributed by atoms with van der Waals surface area (Å²) in [5, 5.41) is 15.9. The molecule has 0 radical (unpaired) electrons. The van der Waals surface area contributed by atoms with E-state index in [-0.39, 0.29) is 40.8 Å². The average Bonchev–Trinajstić information content (AvgIpc) is 3.80. The monoisotopic (exact) mass is 834 g/mol. The largest absolute Gasteiger partial charge is 0.455 e. The number of anilines is 1. The molecule has 2 aliphatic heterocycles. The number of H-pyrrole nitrogens is 1. The zero-order valence-electron chi connectivity index (χ0n) is 33.1. The number of allylic oxidation sites excluding steroid dienone is 1. The Morgan fingerprint density at radius 1 is 1.03 bits per heavy atom. The normalized spacial score (nSPS) is 20.2. The van der Waals surface area contributed by atoms with Crippen molar-refractivity contribution in [3.8, 4) is 11.5 Å². The molecule has 2 aromatic heterocycles. The number of ether oxygens (including phenoxy) is 2. The first-order valence-corrected chi connectivity index (χ1v) is 22.3. The Morgan fingerprint density at radius 2 is 1.88 bits per heavy atom. The molecule has 0 spiro atoms. The highest BCUT2D eigenvalue weighted by Crippen LogP contribution is 2.48. The molecular weight excluding hydrogens is 788 g/mol. The van der Waals surface area contributed by atoms with Crippen LogP contribution in [0.15, 0.2) is 90.1 Å². The molecule has 5 aromatic rings. The molecule has 13 nitrogen and oxygen atoms in total. The molecule has 4 heterocycles. The quantitative estimate of drug-likeness (QED) is 0.0769. The SMILES string of the molecule is O=C(NS(=O)(=O)c1ccc(NCC2CCOCC2)c([N+](=O)[O-])c1)c1ccc(C2=CCC(N3CCCC3c3c(F)cccc3C3CC3)CC2)cc1Oc1cnc2[nH]ccc2c1. The van der Waals surface area contributed by atoms with Crippen molar-refractivity contribution in [1.29, 1.82) is 0 Å². The number of hydrogen-bond donors (Lipinski definition) is 3. The number of halogens is 1. The van der Waals surface area contributed by atoms with E-state index < -0.39 is 31.4 Å². The van der Waals surface area contributed by atoms with Crippen LogP contribution in [0.3, 0.4) is 0 Å². The van der Waals surface area contributed by atoms with Crippen molar-refractivity contribution in [3.05, 3.63) is 123 Å². The number of aromatic nitrogens is 2. The van der Waals surface area contributed by atoms with Gasteiger partial charge in [-0.05, 0) is 135 Å². The van der Waals surface area contributed by atoms with Gasteiger partial charge < -0.3 is 19.8 Å². The van der Waals surface area contributed by atoms with Crippen molar-refractivity contribution in [2.24, 2.45) is 5.92 Å². The van der Waals surface area contributed by atoms with Gasteiger partial charge in [0.2, 0.25) is 0 Å². The van der Waals surface area contributed by atoms with Gasteiger partial charge >= 0.3 is 0 Å². The number of rotatable bonds is 13. The second-order valence-electron chi connectivity index (χ2n) is 16.3. The predicted octanol–water partition coefficient (Wildman–Crippen LogP) is 9.01. The maximum atomic E-state index is 15.4. The molecule has 3 fully saturated rings. The van der Waals surface area contributed by atoms with Gasteiger partial charge in [-0.15, -0.1) is 0 Å². The number of fused-ring (bicyclic) bond motifs is 1. The Kier molecular flexibility index (Phi) is 11.1. The number of likely N-dealkylation sites (tertiary alicyclic amines) is 1. The molecule has 60 heavy (non-hydrogen) atoms. The third-order valence-electron chi connectivity index (χ3n) is 12.4. The zero-order chi connectivity index (χ0) is 41.4. The Labute approximate surface area is 347 Å². The number of nitrogens with one attached hydrogen (secondary N) is 3. The Hall–Kier alpha value is -5.64. The lowest BCUT2D eigenvalue weighted by atomic mass is 9.88. The molecule has 15 heteroatoms. The molecule has 1 amide bonds. The number of amides is 1. The molecule has 1 saturated carbocycles. The molecular formula is C45H47FN6O7S. The summed E-state index contributed by atoms with van der Waals surface area (Å²) in [5.41, 5.74) is 4.30. The van der Waals surface area contributed by atoms with Gasteiger partial charge in [0.15, 0.2) is 0 Å². The summed E-state index contributed by atoms with van der Waals surface area (Å²) in [6.45, 7) is 2.65. The van der Waals surface area contributed by atoms with Crippen LogP contribution in [-0.2, 0) is 14.8 Å². The molecule has 2 saturated heterocycles. The van der Waals surface area contributed by atoms with Gasteiger partial charge in [-0.25, -0.2) is 22.5 Å². The summed E-state index contributed by atoms with van der Waals surface area (Å²) in [6.07, 6.45) is 13.7. The Morgan fingerprint density at radius 3 is 2.67 bits per heavy atom. The van der Waals surface area contributed by atoms with Crippen molar-refractivity contribution in [3.63, 3.8) is 0 Å². The van der Waals surface area contributed by atoms with E-state index in [0.29, 0.717) is 37.1 Å². The molecule has 0 bridgehead atoms. The molecule has 2 unspecified atom stereocenters. The van der Waals surface area contributed by atoms with Crippen molar-refractivity contribution < 1.29 is 32.0 Å². The second kappa shape index (κ2) is 16.8. The minimum Gasteiger partial charge on any atom is -0.455 e. The maximum Gasteiger partial charge on any atom is 0.293 e. The predicted molar refractivity (Wildman–Crippen MR) is 225 cm³/mol. The first-order valence-electron chi connectivity index (χ1n) is 20.8. The van der Waals surface area contributed by atoms with Gasteiger partial charge in [-0.3, -0.25) is 19.8 Å². The number of nitro benzene ring substituents is 1. The van der Waals surface area contributed by atoms with Crippen LogP contribution in [0.2, 0.25) is 0 Å². The Balaban J connectivity index is 0.958. The number of sulfonamides is 1. The smallest absolute Gasteiger partial charge is 0.293 e. The number of benzene rings is 3.